The van der Waals surface area contributed by atoms with E-state index in [2.05, 4.69) is 26.8 Å². The van der Waals surface area contributed by atoms with Gasteiger partial charge in [0, 0.05) is 43.3 Å². The number of nitrogens with one attached hydrogen (secondary N) is 1. The van der Waals surface area contributed by atoms with Gasteiger partial charge in [0.25, 0.3) is 0 Å². The molecule has 2 aliphatic rings. The van der Waals surface area contributed by atoms with Gasteiger partial charge < -0.3 is 15.0 Å². The first-order valence-corrected chi connectivity index (χ1v) is 10.5. The Bertz CT molecular complexity index is 1330. The van der Waals surface area contributed by atoms with Crippen molar-refractivity contribution in [1.29, 1.82) is 0 Å². The Morgan fingerprint density at radius 1 is 1.16 bits per heavy atom. The minimum absolute atomic E-state index is 0.214. The summed E-state index contributed by atoms with van der Waals surface area (Å²) < 4.78 is 21.3. The highest BCUT2D eigenvalue weighted by Gasteiger charge is 2.35. The van der Waals surface area contributed by atoms with Crippen molar-refractivity contribution in [2.24, 2.45) is 0 Å². The van der Waals surface area contributed by atoms with Crippen molar-refractivity contribution in [2.75, 3.05) is 23.4 Å². The van der Waals surface area contributed by atoms with Crippen molar-refractivity contribution < 1.29 is 9.13 Å². The van der Waals surface area contributed by atoms with Crippen molar-refractivity contribution in [3.8, 4) is 17.2 Å². The standard InChI is InChI=1S/C23H20FN7O/c1-14-27-21-20(15-3-2-8-25-12-15)28-23(29-22(21)31(14)17-6-9-32-10-7-17)30-13-26-18-5-4-16(24)11-19(18)30/h2-5,8,11-13,17,27H,1,6-7,9-10H2. The van der Waals surface area contributed by atoms with E-state index in [1.807, 2.05) is 12.1 Å². The van der Waals surface area contributed by atoms with Gasteiger partial charge in [0.15, 0.2) is 5.82 Å². The molecule has 0 radical (unpaired) electrons. The predicted molar refractivity (Wildman–Crippen MR) is 119 cm³/mol. The molecular formula is C23H20FN7O. The highest BCUT2D eigenvalue weighted by atomic mass is 19.1. The Morgan fingerprint density at radius 2 is 2.03 bits per heavy atom. The van der Waals surface area contributed by atoms with Crippen molar-refractivity contribution in [1.82, 2.24) is 24.5 Å². The second-order valence-corrected chi connectivity index (χ2v) is 7.85. The molecule has 3 aromatic heterocycles. The Morgan fingerprint density at radius 3 is 2.84 bits per heavy atom. The van der Waals surface area contributed by atoms with Crippen LogP contribution < -0.4 is 10.2 Å². The number of halogens is 1. The van der Waals surface area contributed by atoms with Gasteiger partial charge in [-0.3, -0.25) is 9.55 Å². The Kier molecular flexibility index (Phi) is 4.36. The zero-order valence-electron chi connectivity index (χ0n) is 17.2. The first-order valence-electron chi connectivity index (χ1n) is 10.5. The third-order valence-corrected chi connectivity index (χ3v) is 5.88. The number of rotatable bonds is 3. The van der Waals surface area contributed by atoms with Gasteiger partial charge in [0.2, 0.25) is 5.95 Å². The fourth-order valence-corrected chi connectivity index (χ4v) is 4.36. The molecule has 0 spiro atoms. The van der Waals surface area contributed by atoms with Gasteiger partial charge in [-0.1, -0.05) is 6.58 Å². The summed E-state index contributed by atoms with van der Waals surface area (Å²) in [7, 11) is 0. The lowest BCUT2D eigenvalue weighted by Gasteiger charge is -2.32. The number of anilines is 2. The molecule has 2 aliphatic heterocycles. The summed E-state index contributed by atoms with van der Waals surface area (Å²) >= 11 is 0. The van der Waals surface area contributed by atoms with Gasteiger partial charge in [0.1, 0.15) is 29.3 Å². The Balaban J connectivity index is 1.57. The van der Waals surface area contributed by atoms with Crippen LogP contribution in [0.1, 0.15) is 12.8 Å². The van der Waals surface area contributed by atoms with Crippen molar-refractivity contribution in [3.05, 3.63) is 67.3 Å². The second kappa shape index (κ2) is 7.38. The van der Waals surface area contributed by atoms with Crippen LogP contribution in [-0.4, -0.2) is 43.8 Å². The minimum Gasteiger partial charge on any atom is -0.381 e. The van der Waals surface area contributed by atoms with Crippen LogP contribution in [0.25, 0.3) is 28.2 Å². The number of ether oxygens (including phenoxy) is 1. The van der Waals surface area contributed by atoms with E-state index < -0.39 is 0 Å². The molecule has 1 aromatic carbocycles. The molecule has 0 atom stereocenters. The summed E-state index contributed by atoms with van der Waals surface area (Å²) in [6.45, 7) is 5.63. The first-order chi connectivity index (χ1) is 15.7. The molecule has 0 bridgehead atoms. The average molecular weight is 429 g/mol. The molecule has 0 saturated carbocycles. The molecule has 4 aromatic rings. The van der Waals surface area contributed by atoms with E-state index in [9.17, 15) is 4.39 Å². The molecule has 0 aliphatic carbocycles. The molecule has 160 valence electrons. The molecule has 6 rings (SSSR count). The maximum Gasteiger partial charge on any atom is 0.238 e. The van der Waals surface area contributed by atoms with E-state index in [0.29, 0.717) is 35.9 Å². The normalized spacial score (nSPS) is 16.4. The van der Waals surface area contributed by atoms with Crippen LogP contribution in [0.2, 0.25) is 0 Å². The molecule has 8 nitrogen and oxygen atoms in total. The number of hydrogen-bond donors (Lipinski definition) is 1. The molecule has 5 heterocycles. The molecule has 32 heavy (non-hydrogen) atoms. The topological polar surface area (TPSA) is 81.0 Å². The van der Waals surface area contributed by atoms with Crippen molar-refractivity contribution in [2.45, 2.75) is 18.9 Å². The number of aromatic nitrogens is 5. The maximum atomic E-state index is 14.0. The number of hydrogen-bond acceptors (Lipinski definition) is 7. The zero-order chi connectivity index (χ0) is 21.7. The molecular weight excluding hydrogens is 409 g/mol. The summed E-state index contributed by atoms with van der Waals surface area (Å²) in [6.07, 6.45) is 6.86. The first kappa shape index (κ1) is 18.9. The summed E-state index contributed by atoms with van der Waals surface area (Å²) in [5.74, 6) is 1.56. The fourth-order valence-electron chi connectivity index (χ4n) is 4.36. The van der Waals surface area contributed by atoms with Gasteiger partial charge in [-0.25, -0.2) is 14.4 Å². The number of nitrogens with zero attached hydrogens (tertiary/aromatic N) is 6. The lowest BCUT2D eigenvalue weighted by Crippen LogP contribution is -2.38. The molecule has 9 heteroatoms. The number of benzene rings is 1. The Hall–Kier alpha value is -3.85. The third kappa shape index (κ3) is 3.01. The van der Waals surface area contributed by atoms with Gasteiger partial charge in [-0.15, -0.1) is 0 Å². The van der Waals surface area contributed by atoms with Crippen LogP contribution >= 0.6 is 0 Å². The van der Waals surface area contributed by atoms with E-state index >= 15 is 0 Å². The Labute approximate surface area is 183 Å². The molecule has 1 N–H and O–H groups in total. The van der Waals surface area contributed by atoms with Crippen molar-refractivity contribution in [3.63, 3.8) is 0 Å². The van der Waals surface area contributed by atoms with E-state index in [0.717, 1.165) is 35.7 Å². The summed E-state index contributed by atoms with van der Waals surface area (Å²) in [5.41, 5.74) is 3.60. The largest absolute Gasteiger partial charge is 0.381 e. The lowest BCUT2D eigenvalue weighted by atomic mass is 10.1. The average Bonchev–Trinajstić information content (AvgIpc) is 3.39. The van der Waals surface area contributed by atoms with Crippen molar-refractivity contribution >= 4 is 22.5 Å². The summed E-state index contributed by atoms with van der Waals surface area (Å²) in [6, 6.07) is 8.51. The highest BCUT2D eigenvalue weighted by molar-refractivity contribution is 5.90. The van der Waals surface area contributed by atoms with Crippen LogP contribution in [0.5, 0.6) is 0 Å². The van der Waals surface area contributed by atoms with Gasteiger partial charge in [0.05, 0.1) is 11.0 Å². The molecule has 0 amide bonds. The van der Waals surface area contributed by atoms with E-state index in [1.54, 1.807) is 29.4 Å². The number of pyridine rings is 1. The SMILES string of the molecule is C=C1Nc2c(-c3cccnc3)nc(-n3cnc4ccc(F)cc43)nc2N1C1CCOCC1. The van der Waals surface area contributed by atoms with Crippen LogP contribution in [0.4, 0.5) is 15.9 Å². The van der Waals surface area contributed by atoms with Gasteiger partial charge >= 0.3 is 0 Å². The van der Waals surface area contributed by atoms with E-state index in [1.165, 1.54) is 12.1 Å². The summed E-state index contributed by atoms with van der Waals surface area (Å²) in [5, 5.41) is 3.38. The maximum absolute atomic E-state index is 14.0. The predicted octanol–water partition coefficient (Wildman–Crippen LogP) is 3.90. The second-order valence-electron chi connectivity index (χ2n) is 7.85. The zero-order valence-corrected chi connectivity index (χ0v) is 17.2. The quantitative estimate of drug-likeness (QED) is 0.529. The molecule has 1 fully saturated rings. The number of fused-ring (bicyclic) bond motifs is 2. The van der Waals surface area contributed by atoms with Crippen LogP contribution in [0.3, 0.4) is 0 Å². The smallest absolute Gasteiger partial charge is 0.238 e. The van der Waals surface area contributed by atoms with Gasteiger partial charge in [-0.2, -0.15) is 4.98 Å². The third-order valence-electron chi connectivity index (χ3n) is 5.88. The van der Waals surface area contributed by atoms with E-state index in [4.69, 9.17) is 14.7 Å². The number of imidazole rings is 1. The van der Waals surface area contributed by atoms with Crippen LogP contribution in [-0.2, 0) is 4.74 Å². The monoisotopic (exact) mass is 429 g/mol. The summed E-state index contributed by atoms with van der Waals surface area (Å²) in [4.78, 5) is 20.5. The highest BCUT2D eigenvalue weighted by Crippen LogP contribution is 2.43. The fraction of sp³-hybridized carbons (Fsp3) is 0.217. The lowest BCUT2D eigenvalue weighted by molar-refractivity contribution is 0.0859. The van der Waals surface area contributed by atoms with Crippen LogP contribution in [0, 0.1) is 5.82 Å². The molecule has 1 saturated heterocycles. The molecule has 0 unspecified atom stereocenters. The minimum atomic E-state index is -0.341. The van der Waals surface area contributed by atoms with E-state index in [-0.39, 0.29) is 11.9 Å². The van der Waals surface area contributed by atoms with Gasteiger partial charge in [-0.05, 0) is 37.1 Å². The van der Waals surface area contributed by atoms with Crippen LogP contribution in [0.15, 0.2) is 61.5 Å².